The molecule has 1 heterocycles. The third-order valence-electron chi connectivity index (χ3n) is 5.14. The van der Waals surface area contributed by atoms with E-state index in [2.05, 4.69) is 10.2 Å². The first-order chi connectivity index (χ1) is 11.6. The molecule has 1 aliphatic carbocycles. The zero-order valence-electron chi connectivity index (χ0n) is 13.7. The van der Waals surface area contributed by atoms with Crippen molar-refractivity contribution in [3.63, 3.8) is 0 Å². The molecule has 1 aromatic carbocycles. The van der Waals surface area contributed by atoms with Crippen molar-refractivity contribution in [3.05, 3.63) is 34.9 Å². The van der Waals surface area contributed by atoms with Crippen molar-refractivity contribution >= 4 is 5.91 Å². The molecular formula is C18H24F2N2O2. The predicted octanol–water partition coefficient (Wildman–Crippen LogP) is 2.20. The fourth-order valence-corrected chi connectivity index (χ4v) is 3.43. The molecule has 0 aromatic heterocycles. The van der Waals surface area contributed by atoms with Crippen LogP contribution < -0.4 is 5.32 Å². The lowest BCUT2D eigenvalue weighted by Gasteiger charge is -2.42. The molecule has 6 heteroatoms. The summed E-state index contributed by atoms with van der Waals surface area (Å²) in [5, 5.41) is 12.5. The lowest BCUT2D eigenvalue weighted by Crippen LogP contribution is -2.58. The number of carbonyl (C=O) groups is 1. The van der Waals surface area contributed by atoms with Crippen LogP contribution in [0.5, 0.6) is 0 Å². The van der Waals surface area contributed by atoms with Crippen LogP contribution in [0.3, 0.4) is 0 Å². The number of aliphatic hydroxyl groups excluding tert-OH is 1. The second kappa shape index (κ2) is 7.57. The van der Waals surface area contributed by atoms with Crippen LogP contribution in [0.4, 0.5) is 8.78 Å². The first-order valence-corrected chi connectivity index (χ1v) is 8.55. The monoisotopic (exact) mass is 338 g/mol. The van der Waals surface area contributed by atoms with E-state index in [0.29, 0.717) is 31.1 Å². The van der Waals surface area contributed by atoms with Crippen LogP contribution in [0.15, 0.2) is 18.2 Å². The van der Waals surface area contributed by atoms with Gasteiger partial charge in [-0.05, 0) is 42.0 Å². The number of β-amino-alcohol motifs (C(OH)–C–C–N with tert-alkyl or cyclic N) is 1. The average Bonchev–Trinajstić information content (AvgIpc) is 2.50. The van der Waals surface area contributed by atoms with Crippen LogP contribution in [0, 0.1) is 5.92 Å². The van der Waals surface area contributed by atoms with Gasteiger partial charge in [0.2, 0.25) is 0 Å². The highest BCUT2D eigenvalue weighted by Crippen LogP contribution is 2.31. The van der Waals surface area contributed by atoms with E-state index in [4.69, 9.17) is 0 Å². The molecule has 2 fully saturated rings. The summed E-state index contributed by atoms with van der Waals surface area (Å²) in [6, 6.07) is 4.45. The fourth-order valence-electron chi connectivity index (χ4n) is 3.43. The molecule has 0 bridgehead atoms. The van der Waals surface area contributed by atoms with E-state index in [9.17, 15) is 18.7 Å². The summed E-state index contributed by atoms with van der Waals surface area (Å²) in [6.45, 7) is 0.529. The Morgan fingerprint density at radius 2 is 2.04 bits per heavy atom. The minimum atomic E-state index is -0.789. The Balaban J connectivity index is 1.68. The standard InChI is InChI=1S/C18H24F2N2O2/c19-7-12-4-5-16(14(6-12)8-20)18(24)21-17(13-2-1-3-13)11-22-9-15(23)10-22/h4-6,13,15,17,23H,1-3,7-11H2,(H,21,24). The van der Waals surface area contributed by atoms with Gasteiger partial charge in [0.1, 0.15) is 13.3 Å². The van der Waals surface area contributed by atoms with E-state index >= 15 is 0 Å². The van der Waals surface area contributed by atoms with Gasteiger partial charge in [-0.15, -0.1) is 0 Å². The summed E-state index contributed by atoms with van der Waals surface area (Å²) >= 11 is 0. The number of alkyl halides is 2. The van der Waals surface area contributed by atoms with Crippen LogP contribution >= 0.6 is 0 Å². The van der Waals surface area contributed by atoms with Gasteiger partial charge in [0, 0.05) is 31.2 Å². The van der Waals surface area contributed by atoms with Crippen molar-refractivity contribution in [1.29, 1.82) is 0 Å². The highest BCUT2D eigenvalue weighted by molar-refractivity contribution is 5.96. The topological polar surface area (TPSA) is 52.6 Å². The maximum Gasteiger partial charge on any atom is 0.251 e. The van der Waals surface area contributed by atoms with E-state index < -0.39 is 13.3 Å². The van der Waals surface area contributed by atoms with E-state index in [1.165, 1.54) is 24.6 Å². The lowest BCUT2D eigenvalue weighted by atomic mass is 9.79. The number of rotatable bonds is 7. The molecule has 24 heavy (non-hydrogen) atoms. The third kappa shape index (κ3) is 3.75. The smallest absolute Gasteiger partial charge is 0.251 e. The Labute approximate surface area is 140 Å². The van der Waals surface area contributed by atoms with E-state index in [-0.39, 0.29) is 29.2 Å². The molecule has 132 valence electrons. The largest absolute Gasteiger partial charge is 0.390 e. The first-order valence-electron chi connectivity index (χ1n) is 8.55. The molecule has 1 saturated heterocycles. The number of aliphatic hydroxyl groups is 1. The Bertz CT molecular complexity index is 586. The number of carbonyl (C=O) groups excluding carboxylic acids is 1. The SMILES string of the molecule is O=C(NC(CN1CC(O)C1)C1CCC1)c1ccc(CF)cc1CF. The quantitative estimate of drug-likeness (QED) is 0.801. The summed E-state index contributed by atoms with van der Waals surface area (Å²) in [4.78, 5) is 14.7. The maximum absolute atomic E-state index is 13.2. The number of nitrogens with zero attached hydrogens (tertiary/aromatic N) is 1. The van der Waals surface area contributed by atoms with Gasteiger partial charge in [0.25, 0.3) is 5.91 Å². The maximum atomic E-state index is 13.2. The number of hydrogen-bond donors (Lipinski definition) is 2. The molecule has 1 amide bonds. The summed E-state index contributed by atoms with van der Waals surface area (Å²) in [6.07, 6.45) is 3.06. The molecule has 2 aliphatic rings. The van der Waals surface area contributed by atoms with Crippen molar-refractivity contribution in [2.24, 2.45) is 5.92 Å². The Morgan fingerprint density at radius 3 is 2.58 bits per heavy atom. The number of likely N-dealkylation sites (tertiary alicyclic amines) is 1. The zero-order valence-corrected chi connectivity index (χ0v) is 13.7. The minimum Gasteiger partial charge on any atom is -0.390 e. The molecule has 1 saturated carbocycles. The molecule has 1 aliphatic heterocycles. The van der Waals surface area contributed by atoms with E-state index in [0.717, 1.165) is 12.8 Å². The van der Waals surface area contributed by atoms with Gasteiger partial charge in [-0.25, -0.2) is 8.78 Å². The van der Waals surface area contributed by atoms with Crippen LogP contribution in [0.1, 0.15) is 40.7 Å². The van der Waals surface area contributed by atoms with Gasteiger partial charge in [-0.3, -0.25) is 9.69 Å². The summed E-state index contributed by atoms with van der Waals surface area (Å²) < 4.78 is 25.9. The molecular weight excluding hydrogens is 314 g/mol. The number of nitrogens with one attached hydrogen (secondary N) is 1. The molecule has 4 nitrogen and oxygen atoms in total. The Hall–Kier alpha value is -1.53. The zero-order chi connectivity index (χ0) is 17.1. The van der Waals surface area contributed by atoms with E-state index in [1.807, 2.05) is 0 Å². The van der Waals surface area contributed by atoms with Crippen molar-refractivity contribution in [2.75, 3.05) is 19.6 Å². The van der Waals surface area contributed by atoms with Crippen LogP contribution in [-0.2, 0) is 13.3 Å². The van der Waals surface area contributed by atoms with Crippen molar-refractivity contribution in [2.45, 2.75) is 44.8 Å². The minimum absolute atomic E-state index is 0.00654. The third-order valence-corrected chi connectivity index (χ3v) is 5.14. The van der Waals surface area contributed by atoms with Crippen LogP contribution in [0.2, 0.25) is 0 Å². The van der Waals surface area contributed by atoms with Crippen LogP contribution in [0.25, 0.3) is 0 Å². The second-order valence-electron chi connectivity index (χ2n) is 6.90. The average molecular weight is 338 g/mol. The molecule has 3 rings (SSSR count). The molecule has 0 radical (unpaired) electrons. The van der Waals surface area contributed by atoms with Gasteiger partial charge in [0.15, 0.2) is 0 Å². The summed E-state index contributed by atoms with van der Waals surface area (Å²) in [7, 11) is 0. The molecule has 2 N–H and O–H groups in total. The highest BCUT2D eigenvalue weighted by Gasteiger charge is 2.34. The molecule has 0 spiro atoms. The van der Waals surface area contributed by atoms with Gasteiger partial charge in [-0.1, -0.05) is 12.5 Å². The predicted molar refractivity (Wildman–Crippen MR) is 87.1 cm³/mol. The van der Waals surface area contributed by atoms with Gasteiger partial charge < -0.3 is 10.4 Å². The number of benzene rings is 1. The Kier molecular flexibility index (Phi) is 5.46. The number of halogens is 2. The first kappa shape index (κ1) is 17.3. The normalized spacial score (nSPS) is 20.3. The Morgan fingerprint density at radius 1 is 1.29 bits per heavy atom. The highest BCUT2D eigenvalue weighted by atomic mass is 19.1. The van der Waals surface area contributed by atoms with Gasteiger partial charge >= 0.3 is 0 Å². The lowest BCUT2D eigenvalue weighted by molar-refractivity contribution is -0.00953. The van der Waals surface area contributed by atoms with Crippen molar-refractivity contribution < 1.29 is 18.7 Å². The molecule has 1 unspecified atom stereocenters. The number of amides is 1. The fraction of sp³-hybridized carbons (Fsp3) is 0.611. The van der Waals surface area contributed by atoms with Gasteiger partial charge in [-0.2, -0.15) is 0 Å². The summed E-state index contributed by atoms with van der Waals surface area (Å²) in [5.74, 6) is 0.136. The number of hydrogen-bond acceptors (Lipinski definition) is 3. The van der Waals surface area contributed by atoms with E-state index in [1.54, 1.807) is 0 Å². The summed E-state index contributed by atoms with van der Waals surface area (Å²) in [5.41, 5.74) is 0.890. The van der Waals surface area contributed by atoms with Crippen LogP contribution in [-0.4, -0.2) is 47.7 Å². The van der Waals surface area contributed by atoms with Crippen molar-refractivity contribution in [1.82, 2.24) is 10.2 Å². The van der Waals surface area contributed by atoms with Crippen molar-refractivity contribution in [3.8, 4) is 0 Å². The molecule has 1 atom stereocenters. The van der Waals surface area contributed by atoms with Gasteiger partial charge in [0.05, 0.1) is 6.10 Å². The second-order valence-corrected chi connectivity index (χ2v) is 6.90. The molecule has 1 aromatic rings.